The first kappa shape index (κ1) is 21.0. The van der Waals surface area contributed by atoms with Gasteiger partial charge in [0, 0.05) is 10.7 Å². The van der Waals surface area contributed by atoms with Crippen LogP contribution in [0, 0.1) is 27.7 Å². The van der Waals surface area contributed by atoms with Crippen LogP contribution in [0.3, 0.4) is 0 Å². The summed E-state index contributed by atoms with van der Waals surface area (Å²) in [6.45, 7) is 7.76. The highest BCUT2D eigenvalue weighted by atomic mass is 35.5. The standard InChI is InChI=1S/C21H22Cl2N4O2/c1-12-5-6-13(2)18(9-12)24-21(28)25-20-14(3)26-27(15(20)4)11-29-19-8-7-16(22)10-17(19)23/h5-10H,11H2,1-4H3,(H2,24,25,28). The molecule has 6 nitrogen and oxygen atoms in total. The van der Waals surface area contributed by atoms with Gasteiger partial charge in [-0.2, -0.15) is 5.10 Å². The van der Waals surface area contributed by atoms with Gasteiger partial charge in [0.25, 0.3) is 0 Å². The third-order valence-corrected chi connectivity index (χ3v) is 5.03. The maximum Gasteiger partial charge on any atom is 0.323 e. The van der Waals surface area contributed by atoms with Crippen LogP contribution in [-0.4, -0.2) is 15.8 Å². The number of aryl methyl sites for hydroxylation is 3. The number of benzene rings is 2. The molecule has 0 atom stereocenters. The smallest absolute Gasteiger partial charge is 0.323 e. The first-order valence-corrected chi connectivity index (χ1v) is 9.77. The first-order chi connectivity index (χ1) is 13.7. The van der Waals surface area contributed by atoms with E-state index in [1.165, 1.54) is 0 Å². The summed E-state index contributed by atoms with van der Waals surface area (Å²) in [4.78, 5) is 12.5. The number of ether oxygens (including phenoxy) is 1. The minimum Gasteiger partial charge on any atom is -0.470 e. The SMILES string of the molecule is Cc1ccc(C)c(NC(=O)Nc2c(C)nn(COc3ccc(Cl)cc3Cl)c2C)c1. The van der Waals surface area contributed by atoms with Crippen molar-refractivity contribution >= 4 is 40.6 Å². The van der Waals surface area contributed by atoms with Gasteiger partial charge in [-0.25, -0.2) is 9.48 Å². The van der Waals surface area contributed by atoms with Crippen LogP contribution < -0.4 is 15.4 Å². The van der Waals surface area contributed by atoms with Crippen LogP contribution in [0.2, 0.25) is 10.0 Å². The third kappa shape index (κ3) is 5.02. The molecule has 0 saturated carbocycles. The molecule has 2 amide bonds. The van der Waals surface area contributed by atoms with Gasteiger partial charge >= 0.3 is 6.03 Å². The Morgan fingerprint density at radius 3 is 2.55 bits per heavy atom. The second-order valence-corrected chi connectivity index (χ2v) is 7.63. The van der Waals surface area contributed by atoms with Crippen LogP contribution in [0.5, 0.6) is 5.75 Å². The van der Waals surface area contributed by atoms with Gasteiger partial charge in [0.05, 0.1) is 22.1 Å². The Bertz CT molecular complexity index is 1060. The molecule has 0 aliphatic carbocycles. The fourth-order valence-corrected chi connectivity index (χ4v) is 3.33. The van der Waals surface area contributed by atoms with E-state index < -0.39 is 0 Å². The summed E-state index contributed by atoms with van der Waals surface area (Å²) in [5, 5.41) is 11.2. The molecule has 3 aromatic rings. The summed E-state index contributed by atoms with van der Waals surface area (Å²) in [6.07, 6.45) is 0. The van der Waals surface area contributed by atoms with Crippen LogP contribution in [0.4, 0.5) is 16.2 Å². The molecule has 8 heteroatoms. The Balaban J connectivity index is 1.70. The number of carbonyl (C=O) groups excluding carboxylic acids is 1. The van der Waals surface area contributed by atoms with Crippen molar-refractivity contribution < 1.29 is 9.53 Å². The average molecular weight is 433 g/mol. The van der Waals surface area contributed by atoms with Gasteiger partial charge in [0.1, 0.15) is 5.75 Å². The maximum absolute atomic E-state index is 12.5. The lowest BCUT2D eigenvalue weighted by molar-refractivity contribution is 0.218. The largest absolute Gasteiger partial charge is 0.470 e. The molecule has 0 aliphatic rings. The van der Waals surface area contributed by atoms with Gasteiger partial charge in [-0.3, -0.25) is 0 Å². The van der Waals surface area contributed by atoms with Crippen molar-refractivity contribution in [2.24, 2.45) is 0 Å². The zero-order chi connectivity index (χ0) is 21.1. The fraction of sp³-hybridized carbons (Fsp3) is 0.238. The Labute approximate surface area is 179 Å². The Kier molecular flexibility index (Phi) is 6.35. The number of carbonyl (C=O) groups is 1. The highest BCUT2D eigenvalue weighted by molar-refractivity contribution is 6.35. The number of nitrogens with one attached hydrogen (secondary N) is 2. The van der Waals surface area contributed by atoms with Gasteiger partial charge in [-0.05, 0) is 63.1 Å². The van der Waals surface area contributed by atoms with E-state index >= 15 is 0 Å². The summed E-state index contributed by atoms with van der Waals surface area (Å²) < 4.78 is 7.40. The Morgan fingerprint density at radius 2 is 1.83 bits per heavy atom. The molecule has 2 aromatic carbocycles. The zero-order valence-corrected chi connectivity index (χ0v) is 18.1. The number of rotatable bonds is 5. The summed E-state index contributed by atoms with van der Waals surface area (Å²) in [7, 11) is 0. The van der Waals surface area contributed by atoms with Crippen LogP contribution in [0.25, 0.3) is 0 Å². The van der Waals surface area contributed by atoms with Gasteiger partial charge in [-0.1, -0.05) is 35.3 Å². The van der Waals surface area contributed by atoms with Crippen molar-refractivity contribution in [1.29, 1.82) is 0 Å². The molecular formula is C21H22Cl2N4O2. The number of hydrogen-bond acceptors (Lipinski definition) is 3. The molecule has 3 rings (SSSR count). The van der Waals surface area contributed by atoms with E-state index in [2.05, 4.69) is 15.7 Å². The molecule has 0 bridgehead atoms. The number of anilines is 2. The lowest BCUT2D eigenvalue weighted by atomic mass is 10.1. The maximum atomic E-state index is 12.5. The fourth-order valence-electron chi connectivity index (χ4n) is 2.86. The van der Waals surface area contributed by atoms with E-state index in [1.807, 2.05) is 45.9 Å². The minimum atomic E-state index is -0.328. The molecule has 1 heterocycles. The Hall–Kier alpha value is -2.70. The molecule has 29 heavy (non-hydrogen) atoms. The van der Waals surface area contributed by atoms with Gasteiger partial charge in [-0.15, -0.1) is 0 Å². The van der Waals surface area contributed by atoms with E-state index in [4.69, 9.17) is 27.9 Å². The van der Waals surface area contributed by atoms with Crippen LogP contribution >= 0.6 is 23.2 Å². The van der Waals surface area contributed by atoms with E-state index in [9.17, 15) is 4.79 Å². The first-order valence-electron chi connectivity index (χ1n) is 9.01. The van der Waals surface area contributed by atoms with Gasteiger partial charge < -0.3 is 15.4 Å². The molecule has 0 radical (unpaired) electrons. The molecule has 0 spiro atoms. The van der Waals surface area contributed by atoms with Crippen LogP contribution in [0.1, 0.15) is 22.5 Å². The lowest BCUT2D eigenvalue weighted by Crippen LogP contribution is -2.21. The minimum absolute atomic E-state index is 0.147. The van der Waals surface area contributed by atoms with E-state index in [0.717, 1.165) is 22.5 Å². The second-order valence-electron chi connectivity index (χ2n) is 6.79. The van der Waals surface area contributed by atoms with E-state index in [1.54, 1.807) is 22.9 Å². The van der Waals surface area contributed by atoms with E-state index in [-0.39, 0.29) is 12.8 Å². The summed E-state index contributed by atoms with van der Waals surface area (Å²) in [6, 6.07) is 10.6. The molecule has 152 valence electrons. The number of halogens is 2. The highest BCUT2D eigenvalue weighted by Crippen LogP contribution is 2.28. The van der Waals surface area contributed by atoms with Crippen molar-refractivity contribution in [2.45, 2.75) is 34.4 Å². The lowest BCUT2D eigenvalue weighted by Gasteiger charge is -2.12. The van der Waals surface area contributed by atoms with Gasteiger partial charge in [0.15, 0.2) is 6.73 Å². The van der Waals surface area contributed by atoms with Crippen molar-refractivity contribution in [3.05, 3.63) is 69.0 Å². The molecule has 2 N–H and O–H groups in total. The average Bonchev–Trinajstić information content (AvgIpc) is 2.91. The second kappa shape index (κ2) is 8.76. The number of urea groups is 1. The number of amides is 2. The van der Waals surface area contributed by atoms with Crippen molar-refractivity contribution in [3.8, 4) is 5.75 Å². The van der Waals surface area contributed by atoms with E-state index in [0.29, 0.717) is 27.2 Å². The van der Waals surface area contributed by atoms with Crippen LogP contribution in [0.15, 0.2) is 36.4 Å². The normalized spacial score (nSPS) is 10.7. The molecule has 0 fully saturated rings. The predicted molar refractivity (Wildman–Crippen MR) is 117 cm³/mol. The molecule has 0 aliphatic heterocycles. The number of aromatic nitrogens is 2. The van der Waals surface area contributed by atoms with Crippen molar-refractivity contribution in [3.63, 3.8) is 0 Å². The van der Waals surface area contributed by atoms with Crippen molar-refractivity contribution in [1.82, 2.24) is 9.78 Å². The van der Waals surface area contributed by atoms with Crippen LogP contribution in [-0.2, 0) is 6.73 Å². The number of nitrogens with zero attached hydrogens (tertiary/aromatic N) is 2. The summed E-state index contributed by atoms with van der Waals surface area (Å²) in [5.74, 6) is 0.505. The summed E-state index contributed by atoms with van der Waals surface area (Å²) >= 11 is 12.0. The highest BCUT2D eigenvalue weighted by Gasteiger charge is 2.15. The number of hydrogen-bond donors (Lipinski definition) is 2. The van der Waals surface area contributed by atoms with Gasteiger partial charge in [0.2, 0.25) is 0 Å². The summed E-state index contributed by atoms with van der Waals surface area (Å²) in [5.41, 5.74) is 4.92. The zero-order valence-electron chi connectivity index (χ0n) is 16.6. The molecular weight excluding hydrogens is 411 g/mol. The Morgan fingerprint density at radius 1 is 1.07 bits per heavy atom. The van der Waals surface area contributed by atoms with Crippen molar-refractivity contribution in [2.75, 3.05) is 10.6 Å². The quantitative estimate of drug-likeness (QED) is 0.511. The predicted octanol–water partition coefficient (Wildman–Crippen LogP) is 6.10. The monoisotopic (exact) mass is 432 g/mol. The molecule has 1 aromatic heterocycles. The molecule has 0 saturated heterocycles. The third-order valence-electron chi connectivity index (χ3n) is 4.50. The topological polar surface area (TPSA) is 68.2 Å². The molecule has 0 unspecified atom stereocenters.